The summed E-state index contributed by atoms with van der Waals surface area (Å²) in [6.07, 6.45) is 9.15. The van der Waals surface area contributed by atoms with Crippen molar-refractivity contribution < 1.29 is 4.74 Å². The van der Waals surface area contributed by atoms with E-state index in [1.807, 2.05) is 18.5 Å². The number of benzene rings is 1. The van der Waals surface area contributed by atoms with Gasteiger partial charge < -0.3 is 9.64 Å². The van der Waals surface area contributed by atoms with E-state index in [4.69, 9.17) is 4.74 Å². The minimum absolute atomic E-state index is 0.823. The van der Waals surface area contributed by atoms with E-state index in [-0.39, 0.29) is 0 Å². The van der Waals surface area contributed by atoms with Crippen molar-refractivity contribution in [1.82, 2.24) is 14.8 Å². The minimum atomic E-state index is 0.823. The number of pyridine rings is 1. The molecule has 4 heteroatoms. The Morgan fingerprint density at radius 2 is 1.70 bits per heavy atom. The van der Waals surface area contributed by atoms with Gasteiger partial charge >= 0.3 is 0 Å². The molecule has 3 atom stereocenters. The lowest BCUT2D eigenvalue weighted by Crippen LogP contribution is -2.31. The van der Waals surface area contributed by atoms with Gasteiger partial charge in [0, 0.05) is 45.2 Å². The van der Waals surface area contributed by atoms with Gasteiger partial charge in [0.15, 0.2) is 0 Å². The molecule has 5 rings (SSSR count). The number of ether oxygens (including phenoxy) is 1. The van der Waals surface area contributed by atoms with Crippen molar-refractivity contribution in [2.24, 2.45) is 17.8 Å². The highest BCUT2D eigenvalue weighted by Gasteiger charge is 2.55. The van der Waals surface area contributed by atoms with Gasteiger partial charge in [-0.1, -0.05) is 36.8 Å². The first-order valence-electron chi connectivity index (χ1n) is 11.9. The Labute approximate surface area is 181 Å². The molecule has 1 aromatic heterocycles. The van der Waals surface area contributed by atoms with Crippen molar-refractivity contribution in [2.75, 3.05) is 45.9 Å². The number of hydrogen-bond donors (Lipinski definition) is 0. The van der Waals surface area contributed by atoms with Gasteiger partial charge in [0.1, 0.15) is 0 Å². The molecule has 2 aliphatic heterocycles. The number of nitrogens with zero attached hydrogens (tertiary/aromatic N) is 3. The van der Waals surface area contributed by atoms with Crippen LogP contribution in [0.25, 0.3) is 11.1 Å². The zero-order valence-corrected chi connectivity index (χ0v) is 18.1. The van der Waals surface area contributed by atoms with E-state index in [1.54, 1.807) is 0 Å². The van der Waals surface area contributed by atoms with Gasteiger partial charge in [0.25, 0.3) is 0 Å². The van der Waals surface area contributed by atoms with E-state index >= 15 is 0 Å². The Bertz CT molecular complexity index is 776. The number of fused-ring (bicyclic) bond motifs is 1. The Balaban J connectivity index is 0.984. The molecule has 1 aliphatic carbocycles. The molecule has 2 saturated heterocycles. The molecule has 0 amide bonds. The summed E-state index contributed by atoms with van der Waals surface area (Å²) in [5.41, 5.74) is 3.84. The topological polar surface area (TPSA) is 28.6 Å². The molecule has 0 bridgehead atoms. The smallest absolute Gasteiger partial charge is 0.0500 e. The maximum absolute atomic E-state index is 6.04. The number of rotatable bonds is 9. The molecule has 4 nitrogen and oxygen atoms in total. The fraction of sp³-hybridized carbons (Fsp3) is 0.577. The van der Waals surface area contributed by atoms with Gasteiger partial charge in [-0.25, -0.2) is 0 Å². The van der Waals surface area contributed by atoms with E-state index in [1.165, 1.54) is 75.1 Å². The summed E-state index contributed by atoms with van der Waals surface area (Å²) in [7, 11) is 0. The lowest BCUT2D eigenvalue weighted by Gasteiger charge is -2.26. The number of likely N-dealkylation sites (tertiary alicyclic amines) is 2. The number of hydrogen-bond acceptors (Lipinski definition) is 4. The molecule has 1 saturated carbocycles. The average molecular weight is 406 g/mol. The lowest BCUT2D eigenvalue weighted by atomic mass is 10.1. The van der Waals surface area contributed by atoms with Crippen LogP contribution < -0.4 is 0 Å². The summed E-state index contributed by atoms with van der Waals surface area (Å²) >= 11 is 0. The molecule has 3 heterocycles. The molecular formula is C26H35N3O. The fourth-order valence-electron chi connectivity index (χ4n) is 5.50. The van der Waals surface area contributed by atoms with Crippen LogP contribution in [-0.4, -0.2) is 60.7 Å². The standard InChI is InChI=1S/C26H35N3O/c1-2-12-28(13-3-1)14-5-15-30-20-26-24-18-29(19-25(24)26)17-21-7-9-22(10-8-21)23-6-4-11-27-16-23/h4,6-11,16,24-26H,1-3,5,12-15,17-20H2/t24-,25+,26-. The van der Waals surface area contributed by atoms with E-state index in [9.17, 15) is 0 Å². The monoisotopic (exact) mass is 405 g/mol. The van der Waals surface area contributed by atoms with Crippen LogP contribution in [0.2, 0.25) is 0 Å². The Hall–Kier alpha value is -1.75. The van der Waals surface area contributed by atoms with Gasteiger partial charge in [-0.05, 0) is 72.9 Å². The minimum Gasteiger partial charge on any atom is -0.381 e. The van der Waals surface area contributed by atoms with Crippen LogP contribution in [0.3, 0.4) is 0 Å². The number of piperidine rings is 2. The predicted octanol–water partition coefficient (Wildman–Crippen LogP) is 4.32. The molecular weight excluding hydrogens is 370 g/mol. The maximum Gasteiger partial charge on any atom is 0.0500 e. The Kier molecular flexibility index (Phi) is 6.45. The third-order valence-electron chi connectivity index (χ3n) is 7.32. The van der Waals surface area contributed by atoms with Crippen LogP contribution in [0.4, 0.5) is 0 Å². The largest absolute Gasteiger partial charge is 0.381 e. The predicted molar refractivity (Wildman–Crippen MR) is 121 cm³/mol. The molecule has 3 aliphatic rings. The highest BCUT2D eigenvalue weighted by molar-refractivity contribution is 5.62. The summed E-state index contributed by atoms with van der Waals surface area (Å²) in [6, 6.07) is 13.1. The van der Waals surface area contributed by atoms with Gasteiger partial charge in [-0.2, -0.15) is 0 Å². The van der Waals surface area contributed by atoms with E-state index in [0.717, 1.165) is 37.5 Å². The average Bonchev–Trinajstić information content (AvgIpc) is 3.25. The first-order valence-corrected chi connectivity index (χ1v) is 11.9. The van der Waals surface area contributed by atoms with Crippen LogP contribution in [0, 0.1) is 17.8 Å². The summed E-state index contributed by atoms with van der Waals surface area (Å²) in [5.74, 6) is 2.58. The second-order valence-corrected chi connectivity index (χ2v) is 9.46. The van der Waals surface area contributed by atoms with Gasteiger partial charge in [-0.3, -0.25) is 9.88 Å². The zero-order valence-electron chi connectivity index (χ0n) is 18.1. The molecule has 0 N–H and O–H groups in total. The van der Waals surface area contributed by atoms with E-state index in [0.29, 0.717) is 0 Å². The quantitative estimate of drug-likeness (QED) is 0.581. The second-order valence-electron chi connectivity index (χ2n) is 9.46. The van der Waals surface area contributed by atoms with Crippen LogP contribution in [0.15, 0.2) is 48.8 Å². The molecule has 30 heavy (non-hydrogen) atoms. The van der Waals surface area contributed by atoms with Crippen molar-refractivity contribution in [3.8, 4) is 11.1 Å². The first kappa shape index (κ1) is 20.2. The summed E-state index contributed by atoms with van der Waals surface area (Å²) < 4.78 is 6.04. The molecule has 0 unspecified atom stereocenters. The van der Waals surface area contributed by atoms with Crippen molar-refractivity contribution in [3.63, 3.8) is 0 Å². The molecule has 0 radical (unpaired) electrons. The second kappa shape index (κ2) is 9.59. The lowest BCUT2D eigenvalue weighted by molar-refractivity contribution is 0.0967. The molecule has 160 valence electrons. The van der Waals surface area contributed by atoms with E-state index < -0.39 is 0 Å². The summed E-state index contributed by atoms with van der Waals surface area (Å²) in [4.78, 5) is 9.46. The van der Waals surface area contributed by atoms with Crippen LogP contribution in [0.5, 0.6) is 0 Å². The Morgan fingerprint density at radius 3 is 2.43 bits per heavy atom. The van der Waals surface area contributed by atoms with Crippen molar-refractivity contribution in [2.45, 2.75) is 32.2 Å². The summed E-state index contributed by atoms with van der Waals surface area (Å²) in [6.45, 7) is 9.33. The van der Waals surface area contributed by atoms with Gasteiger partial charge in [-0.15, -0.1) is 0 Å². The van der Waals surface area contributed by atoms with Crippen molar-refractivity contribution >= 4 is 0 Å². The van der Waals surface area contributed by atoms with E-state index in [2.05, 4.69) is 45.1 Å². The zero-order chi connectivity index (χ0) is 20.2. The maximum atomic E-state index is 6.04. The van der Waals surface area contributed by atoms with Crippen LogP contribution in [0.1, 0.15) is 31.2 Å². The highest BCUT2D eigenvalue weighted by atomic mass is 16.5. The SMILES string of the molecule is c1cncc(-c2ccc(CN3C[C@@H]4[C@H](COCCCN5CCCCC5)[C@@H]4C3)cc2)c1. The molecule has 2 aromatic rings. The molecule has 0 spiro atoms. The molecule has 1 aromatic carbocycles. The highest BCUT2D eigenvalue weighted by Crippen LogP contribution is 2.52. The number of aromatic nitrogens is 1. The van der Waals surface area contributed by atoms with Crippen LogP contribution >= 0.6 is 0 Å². The van der Waals surface area contributed by atoms with Gasteiger partial charge in [0.2, 0.25) is 0 Å². The third-order valence-corrected chi connectivity index (χ3v) is 7.32. The normalized spacial score (nSPS) is 26.6. The van der Waals surface area contributed by atoms with Crippen molar-refractivity contribution in [1.29, 1.82) is 0 Å². The first-order chi connectivity index (χ1) is 14.9. The van der Waals surface area contributed by atoms with Crippen LogP contribution in [-0.2, 0) is 11.3 Å². The third kappa shape index (κ3) is 4.93. The van der Waals surface area contributed by atoms with Gasteiger partial charge in [0.05, 0.1) is 6.61 Å². The molecule has 3 fully saturated rings. The summed E-state index contributed by atoms with van der Waals surface area (Å²) in [5, 5.41) is 0. The Morgan fingerprint density at radius 1 is 0.900 bits per heavy atom. The van der Waals surface area contributed by atoms with Crippen molar-refractivity contribution in [3.05, 3.63) is 54.4 Å². The fourth-order valence-corrected chi connectivity index (χ4v) is 5.50.